The van der Waals surface area contributed by atoms with E-state index in [4.69, 9.17) is 5.11 Å². The zero-order valence-corrected chi connectivity index (χ0v) is 17.4. The number of carboxylic acids is 1. The smallest absolute Gasteiger partial charge is 0.335 e. The van der Waals surface area contributed by atoms with E-state index in [1.54, 1.807) is 0 Å². The van der Waals surface area contributed by atoms with Gasteiger partial charge in [0.2, 0.25) is 5.88 Å². The molecule has 4 aromatic rings. The van der Waals surface area contributed by atoms with E-state index >= 15 is 0 Å². The van der Waals surface area contributed by atoms with Crippen molar-refractivity contribution in [3.8, 4) is 28.6 Å². The summed E-state index contributed by atoms with van der Waals surface area (Å²) in [7, 11) is 0. The summed E-state index contributed by atoms with van der Waals surface area (Å²) in [4.78, 5) is 11.1. The molecule has 4 rings (SSSR count). The van der Waals surface area contributed by atoms with Crippen molar-refractivity contribution in [2.24, 2.45) is 10.2 Å². The van der Waals surface area contributed by atoms with Crippen LogP contribution in [0.1, 0.15) is 21.5 Å². The second-order valence-electron chi connectivity index (χ2n) is 7.28. The maximum absolute atomic E-state index is 11.1. The van der Waals surface area contributed by atoms with E-state index in [0.29, 0.717) is 11.4 Å². The summed E-state index contributed by atoms with van der Waals surface area (Å²) >= 11 is 0. The summed E-state index contributed by atoms with van der Waals surface area (Å²) in [6, 6.07) is 18.7. The van der Waals surface area contributed by atoms with Crippen LogP contribution >= 0.6 is 0 Å². The molecular formula is C24H20N4O4. The van der Waals surface area contributed by atoms with Crippen molar-refractivity contribution in [3.05, 3.63) is 83.4 Å². The summed E-state index contributed by atoms with van der Waals surface area (Å²) in [6.07, 6.45) is 0. The van der Waals surface area contributed by atoms with Crippen LogP contribution < -0.4 is 0 Å². The van der Waals surface area contributed by atoms with E-state index in [0.717, 1.165) is 22.8 Å². The van der Waals surface area contributed by atoms with Gasteiger partial charge in [-0.2, -0.15) is 9.78 Å². The molecule has 0 atom stereocenters. The molecule has 0 bridgehead atoms. The van der Waals surface area contributed by atoms with Crippen LogP contribution in [0.25, 0.3) is 16.9 Å². The number of rotatable bonds is 5. The number of azo groups is 1. The summed E-state index contributed by atoms with van der Waals surface area (Å²) in [5.74, 6) is -1.71. The van der Waals surface area contributed by atoms with Crippen molar-refractivity contribution in [2.75, 3.05) is 0 Å². The number of phenols is 1. The van der Waals surface area contributed by atoms with E-state index in [-0.39, 0.29) is 28.6 Å². The quantitative estimate of drug-likeness (QED) is 0.353. The van der Waals surface area contributed by atoms with Crippen LogP contribution in [0, 0.1) is 13.8 Å². The van der Waals surface area contributed by atoms with Crippen molar-refractivity contribution in [1.29, 1.82) is 0 Å². The molecule has 0 aliphatic carbocycles. The normalized spacial score (nSPS) is 11.2. The Morgan fingerprint density at radius 2 is 1.66 bits per heavy atom. The number of hydrogen-bond acceptors (Lipinski definition) is 6. The number of aromatic nitrogens is 2. The number of aromatic carboxylic acids is 1. The molecule has 0 spiro atoms. The number of carbonyl (C=O) groups is 1. The van der Waals surface area contributed by atoms with Crippen LogP contribution in [0.5, 0.6) is 11.6 Å². The molecule has 0 saturated carbocycles. The molecule has 3 N–H and O–H groups in total. The largest absolute Gasteiger partial charge is 0.506 e. The second kappa shape index (κ2) is 8.35. The molecule has 160 valence electrons. The lowest BCUT2D eigenvalue weighted by Gasteiger charge is -2.06. The average molecular weight is 428 g/mol. The van der Waals surface area contributed by atoms with Gasteiger partial charge in [-0.3, -0.25) is 0 Å². The Bertz CT molecular complexity index is 1340. The highest BCUT2D eigenvalue weighted by Gasteiger charge is 2.20. The Morgan fingerprint density at radius 3 is 2.31 bits per heavy atom. The molecule has 0 amide bonds. The highest BCUT2D eigenvalue weighted by molar-refractivity contribution is 5.88. The highest BCUT2D eigenvalue weighted by atomic mass is 16.4. The summed E-state index contributed by atoms with van der Waals surface area (Å²) in [6.45, 7) is 3.97. The average Bonchev–Trinajstić information content (AvgIpc) is 3.11. The Labute approximate surface area is 183 Å². The summed E-state index contributed by atoms with van der Waals surface area (Å²) < 4.78 is 1.39. The molecular weight excluding hydrogens is 408 g/mol. The van der Waals surface area contributed by atoms with E-state index in [2.05, 4.69) is 15.3 Å². The molecule has 0 saturated heterocycles. The van der Waals surface area contributed by atoms with Gasteiger partial charge in [0, 0.05) is 5.56 Å². The van der Waals surface area contributed by atoms with Crippen LogP contribution in [0.2, 0.25) is 0 Å². The highest BCUT2D eigenvalue weighted by Crippen LogP contribution is 2.40. The van der Waals surface area contributed by atoms with Crippen LogP contribution in [0.15, 0.2) is 77.0 Å². The van der Waals surface area contributed by atoms with E-state index in [1.807, 2.05) is 62.4 Å². The van der Waals surface area contributed by atoms with Crippen LogP contribution in [-0.4, -0.2) is 31.1 Å². The topological polar surface area (TPSA) is 120 Å². The molecule has 0 aliphatic rings. The van der Waals surface area contributed by atoms with Gasteiger partial charge in [0.15, 0.2) is 5.69 Å². The number of phenolic OH excluding ortho intramolecular Hbond substituents is 1. The number of hydrogen-bond donors (Lipinski definition) is 3. The molecule has 0 unspecified atom stereocenters. The first-order valence-corrected chi connectivity index (χ1v) is 9.78. The number of aromatic hydroxyl groups is 2. The second-order valence-corrected chi connectivity index (χ2v) is 7.28. The number of benzene rings is 3. The molecule has 32 heavy (non-hydrogen) atoms. The van der Waals surface area contributed by atoms with Crippen LogP contribution in [-0.2, 0) is 0 Å². The first-order chi connectivity index (χ1) is 15.3. The van der Waals surface area contributed by atoms with Gasteiger partial charge in [0.05, 0.1) is 11.3 Å². The lowest BCUT2D eigenvalue weighted by Crippen LogP contribution is -1.97. The predicted molar refractivity (Wildman–Crippen MR) is 119 cm³/mol. The van der Waals surface area contributed by atoms with Gasteiger partial charge in [0.25, 0.3) is 0 Å². The van der Waals surface area contributed by atoms with E-state index in [1.165, 1.54) is 16.8 Å². The van der Waals surface area contributed by atoms with Gasteiger partial charge < -0.3 is 15.3 Å². The van der Waals surface area contributed by atoms with Crippen molar-refractivity contribution in [1.82, 2.24) is 9.78 Å². The minimum Gasteiger partial charge on any atom is -0.506 e. The zero-order chi connectivity index (χ0) is 22.8. The lowest BCUT2D eigenvalue weighted by molar-refractivity contribution is 0.0696. The molecule has 1 aromatic heterocycles. The first-order valence-electron chi connectivity index (χ1n) is 9.78. The molecule has 1 heterocycles. The summed E-state index contributed by atoms with van der Waals surface area (Å²) in [5.41, 5.74) is 4.07. The molecule has 0 aliphatic heterocycles. The van der Waals surface area contributed by atoms with Crippen LogP contribution in [0.3, 0.4) is 0 Å². The third-order valence-corrected chi connectivity index (χ3v) is 5.10. The SMILES string of the molecule is Cc1ccc(-n2nc(-c3ccccc3)c(/N=N/c3ccc(C(=O)O)cc3O)c2O)cc1C. The van der Waals surface area contributed by atoms with Gasteiger partial charge >= 0.3 is 5.97 Å². The molecule has 8 heteroatoms. The third kappa shape index (κ3) is 3.93. The lowest BCUT2D eigenvalue weighted by atomic mass is 10.1. The fraction of sp³-hybridized carbons (Fsp3) is 0.0833. The van der Waals surface area contributed by atoms with Gasteiger partial charge in [-0.15, -0.1) is 10.2 Å². The molecule has 0 radical (unpaired) electrons. The van der Waals surface area contributed by atoms with E-state index < -0.39 is 5.97 Å². The fourth-order valence-electron chi connectivity index (χ4n) is 3.17. The monoisotopic (exact) mass is 428 g/mol. The van der Waals surface area contributed by atoms with Crippen LogP contribution in [0.4, 0.5) is 11.4 Å². The molecule has 8 nitrogen and oxygen atoms in total. The number of carboxylic acid groups (broad SMARTS) is 1. The van der Waals surface area contributed by atoms with Crippen molar-refractivity contribution in [3.63, 3.8) is 0 Å². The fourth-order valence-corrected chi connectivity index (χ4v) is 3.17. The predicted octanol–water partition coefficient (Wildman–Crippen LogP) is 5.68. The molecule has 3 aromatic carbocycles. The Balaban J connectivity index is 1.83. The minimum atomic E-state index is -1.16. The Hall–Kier alpha value is -4.46. The third-order valence-electron chi connectivity index (χ3n) is 5.10. The molecule has 0 fully saturated rings. The maximum atomic E-state index is 11.1. The Morgan fingerprint density at radius 1 is 0.906 bits per heavy atom. The number of aryl methyl sites for hydroxylation is 2. The maximum Gasteiger partial charge on any atom is 0.335 e. The van der Waals surface area contributed by atoms with Gasteiger partial charge in [-0.25, -0.2) is 4.79 Å². The van der Waals surface area contributed by atoms with Crippen molar-refractivity contribution >= 4 is 17.3 Å². The standard InChI is InChI=1S/C24H20N4O4/c1-14-8-10-18(12-15(14)2)28-23(30)22(21(27-28)16-6-4-3-5-7-16)26-25-19-11-9-17(24(31)32)13-20(19)29/h3-13,29-30H,1-2H3,(H,31,32)/b26-25+. The van der Waals surface area contributed by atoms with Gasteiger partial charge in [0.1, 0.15) is 17.1 Å². The van der Waals surface area contributed by atoms with Crippen molar-refractivity contribution < 1.29 is 20.1 Å². The minimum absolute atomic E-state index is 0.0624. The summed E-state index contributed by atoms with van der Waals surface area (Å²) in [5, 5.41) is 42.9. The van der Waals surface area contributed by atoms with Crippen molar-refractivity contribution in [2.45, 2.75) is 13.8 Å². The number of nitrogens with zero attached hydrogens (tertiary/aromatic N) is 4. The van der Waals surface area contributed by atoms with E-state index in [9.17, 15) is 15.0 Å². The Kier molecular flexibility index (Phi) is 5.43. The van der Waals surface area contributed by atoms with Gasteiger partial charge in [-0.05, 0) is 55.3 Å². The van der Waals surface area contributed by atoms with Gasteiger partial charge in [-0.1, -0.05) is 36.4 Å². The first kappa shape index (κ1) is 20.8. The zero-order valence-electron chi connectivity index (χ0n) is 17.4.